The molecule has 1 aliphatic carbocycles. The third-order valence-electron chi connectivity index (χ3n) is 3.27. The molecule has 0 unspecified atom stereocenters. The quantitative estimate of drug-likeness (QED) is 0.571. The summed E-state index contributed by atoms with van der Waals surface area (Å²) in [6, 6.07) is 7.27. The van der Waals surface area contributed by atoms with Crippen molar-refractivity contribution in [2.75, 3.05) is 0 Å². The summed E-state index contributed by atoms with van der Waals surface area (Å²) >= 11 is 0. The van der Waals surface area contributed by atoms with Crippen molar-refractivity contribution in [1.29, 1.82) is 0 Å². The fourth-order valence-electron chi connectivity index (χ4n) is 1.98. The molecule has 1 aliphatic rings. The number of amides is 3. The van der Waals surface area contributed by atoms with E-state index in [9.17, 15) is 14.4 Å². The Morgan fingerprint density at radius 1 is 1.05 bits per heavy atom. The van der Waals surface area contributed by atoms with Crippen molar-refractivity contribution in [3.8, 4) is 0 Å². The highest BCUT2D eigenvalue weighted by Crippen LogP contribution is 2.18. The number of hydrogen-bond donors (Lipinski definition) is 3. The van der Waals surface area contributed by atoms with Crippen molar-refractivity contribution in [1.82, 2.24) is 16.2 Å². The van der Waals surface area contributed by atoms with E-state index < -0.39 is 17.7 Å². The first-order valence-electron chi connectivity index (χ1n) is 7.46. The third-order valence-corrected chi connectivity index (χ3v) is 3.27. The smallest absolute Gasteiger partial charge is 0.327 e. The third kappa shape index (κ3) is 4.87. The van der Waals surface area contributed by atoms with Crippen LogP contribution in [0.5, 0.6) is 0 Å². The summed E-state index contributed by atoms with van der Waals surface area (Å²) in [6.07, 6.45) is 2.74. The molecule has 0 bridgehead atoms. The number of hydrogen-bond acceptors (Lipinski definition) is 3. The van der Waals surface area contributed by atoms with Crippen LogP contribution in [0.3, 0.4) is 0 Å². The molecule has 1 aromatic carbocycles. The molecule has 3 amide bonds. The summed E-state index contributed by atoms with van der Waals surface area (Å²) in [5, 5.41) is 2.54. The molecule has 0 atom stereocenters. The molecule has 6 heteroatoms. The van der Waals surface area contributed by atoms with Gasteiger partial charge in [0, 0.05) is 11.6 Å². The topological polar surface area (TPSA) is 87.3 Å². The van der Waals surface area contributed by atoms with Gasteiger partial charge in [-0.25, -0.2) is 0 Å². The Kier molecular flexibility index (Phi) is 5.14. The molecular weight excluding hydrogens is 282 g/mol. The van der Waals surface area contributed by atoms with Crippen LogP contribution in [0.2, 0.25) is 0 Å². The van der Waals surface area contributed by atoms with Crippen molar-refractivity contribution in [3.05, 3.63) is 35.4 Å². The van der Waals surface area contributed by atoms with E-state index in [0.717, 1.165) is 24.8 Å². The minimum atomic E-state index is -0.864. The number of hydrazine groups is 1. The van der Waals surface area contributed by atoms with Crippen LogP contribution in [0, 0.1) is 5.92 Å². The highest BCUT2D eigenvalue weighted by atomic mass is 16.2. The average molecular weight is 303 g/mol. The molecular formula is C16H21N3O3. The van der Waals surface area contributed by atoms with Crippen LogP contribution >= 0.6 is 0 Å². The monoisotopic (exact) mass is 303 g/mol. The number of carbonyl (C=O) groups is 3. The van der Waals surface area contributed by atoms with Gasteiger partial charge in [0.15, 0.2) is 0 Å². The zero-order valence-electron chi connectivity index (χ0n) is 12.8. The van der Waals surface area contributed by atoms with Gasteiger partial charge in [-0.15, -0.1) is 0 Å². The average Bonchev–Trinajstić information content (AvgIpc) is 3.28. The number of benzene rings is 1. The van der Waals surface area contributed by atoms with E-state index in [1.165, 1.54) is 0 Å². The van der Waals surface area contributed by atoms with Gasteiger partial charge in [-0.1, -0.05) is 26.0 Å². The van der Waals surface area contributed by atoms with Gasteiger partial charge < -0.3 is 5.32 Å². The summed E-state index contributed by atoms with van der Waals surface area (Å²) < 4.78 is 0. The molecule has 1 saturated carbocycles. The molecule has 0 aromatic heterocycles. The lowest BCUT2D eigenvalue weighted by Crippen LogP contribution is -2.48. The SMILES string of the molecule is CC(C)Cc1ccc(C(=O)NNC(=O)C(=O)NC2CC2)cc1. The molecule has 6 nitrogen and oxygen atoms in total. The minimum Gasteiger partial charge on any atom is -0.345 e. The van der Waals surface area contributed by atoms with E-state index in [1.54, 1.807) is 12.1 Å². The van der Waals surface area contributed by atoms with Gasteiger partial charge in [0.1, 0.15) is 0 Å². The lowest BCUT2D eigenvalue weighted by molar-refractivity contribution is -0.139. The lowest BCUT2D eigenvalue weighted by Gasteiger charge is -2.09. The van der Waals surface area contributed by atoms with E-state index in [-0.39, 0.29) is 6.04 Å². The van der Waals surface area contributed by atoms with Crippen LogP contribution < -0.4 is 16.2 Å². The Hall–Kier alpha value is -2.37. The number of nitrogens with one attached hydrogen (secondary N) is 3. The maximum atomic E-state index is 11.9. The molecule has 2 rings (SSSR count). The second kappa shape index (κ2) is 7.06. The Morgan fingerprint density at radius 3 is 2.23 bits per heavy atom. The second-order valence-corrected chi connectivity index (χ2v) is 5.95. The molecule has 3 N–H and O–H groups in total. The van der Waals surface area contributed by atoms with E-state index in [2.05, 4.69) is 30.0 Å². The molecule has 0 saturated heterocycles. The van der Waals surface area contributed by atoms with Gasteiger partial charge >= 0.3 is 11.8 Å². The standard InChI is InChI=1S/C16H21N3O3/c1-10(2)9-11-3-5-12(6-4-11)14(20)18-19-16(22)15(21)17-13-7-8-13/h3-6,10,13H,7-9H2,1-2H3,(H,17,21)(H,18,20)(H,19,22). The Bertz CT molecular complexity index is 563. The highest BCUT2D eigenvalue weighted by molar-refractivity contribution is 6.35. The first kappa shape index (κ1) is 16.0. The lowest BCUT2D eigenvalue weighted by atomic mass is 10.0. The Labute approximate surface area is 129 Å². The zero-order chi connectivity index (χ0) is 16.1. The van der Waals surface area contributed by atoms with Crippen LogP contribution in [-0.2, 0) is 16.0 Å². The maximum Gasteiger partial charge on any atom is 0.327 e. The van der Waals surface area contributed by atoms with Crippen LogP contribution in [0.25, 0.3) is 0 Å². The first-order chi connectivity index (χ1) is 10.5. The van der Waals surface area contributed by atoms with Crippen molar-refractivity contribution in [3.63, 3.8) is 0 Å². The van der Waals surface area contributed by atoms with Crippen molar-refractivity contribution in [2.45, 2.75) is 39.2 Å². The summed E-state index contributed by atoms with van der Waals surface area (Å²) in [7, 11) is 0. The van der Waals surface area contributed by atoms with Crippen LogP contribution in [0.4, 0.5) is 0 Å². The molecule has 118 valence electrons. The molecule has 1 aromatic rings. The van der Waals surface area contributed by atoms with Crippen LogP contribution in [-0.4, -0.2) is 23.8 Å². The van der Waals surface area contributed by atoms with Gasteiger partial charge in [0.2, 0.25) is 0 Å². The molecule has 0 radical (unpaired) electrons. The predicted molar refractivity (Wildman–Crippen MR) is 81.8 cm³/mol. The van der Waals surface area contributed by atoms with Crippen molar-refractivity contribution >= 4 is 17.7 Å². The molecule has 1 fully saturated rings. The van der Waals surface area contributed by atoms with E-state index in [0.29, 0.717) is 11.5 Å². The number of rotatable bonds is 4. The van der Waals surface area contributed by atoms with Crippen molar-refractivity contribution < 1.29 is 14.4 Å². The minimum absolute atomic E-state index is 0.0995. The molecule has 0 aliphatic heterocycles. The highest BCUT2D eigenvalue weighted by Gasteiger charge is 2.26. The van der Waals surface area contributed by atoms with E-state index >= 15 is 0 Å². The summed E-state index contributed by atoms with van der Waals surface area (Å²) in [5.74, 6) is -1.50. The molecule has 22 heavy (non-hydrogen) atoms. The van der Waals surface area contributed by atoms with Gasteiger partial charge in [-0.05, 0) is 42.9 Å². The fraction of sp³-hybridized carbons (Fsp3) is 0.438. The zero-order valence-corrected chi connectivity index (χ0v) is 12.8. The summed E-state index contributed by atoms with van der Waals surface area (Å²) in [4.78, 5) is 34.8. The number of carbonyl (C=O) groups excluding carboxylic acids is 3. The van der Waals surface area contributed by atoms with Gasteiger partial charge in [-0.2, -0.15) is 0 Å². The molecule has 0 spiro atoms. The second-order valence-electron chi connectivity index (χ2n) is 5.95. The first-order valence-corrected chi connectivity index (χ1v) is 7.46. The van der Waals surface area contributed by atoms with E-state index in [1.807, 2.05) is 12.1 Å². The Balaban J connectivity index is 1.80. The maximum absolute atomic E-state index is 11.9. The van der Waals surface area contributed by atoms with E-state index in [4.69, 9.17) is 0 Å². The normalized spacial score (nSPS) is 13.6. The summed E-state index contributed by atoms with van der Waals surface area (Å²) in [6.45, 7) is 4.26. The fourth-order valence-corrected chi connectivity index (χ4v) is 1.98. The van der Waals surface area contributed by atoms with Gasteiger partial charge in [-0.3, -0.25) is 25.2 Å². The molecule has 0 heterocycles. The van der Waals surface area contributed by atoms with Crippen molar-refractivity contribution in [2.24, 2.45) is 5.92 Å². The van der Waals surface area contributed by atoms with Crippen LogP contribution in [0.15, 0.2) is 24.3 Å². The predicted octanol–water partition coefficient (Wildman–Crippen LogP) is 0.925. The van der Waals surface area contributed by atoms with Gasteiger partial charge in [0.25, 0.3) is 5.91 Å². The summed E-state index contributed by atoms with van der Waals surface area (Å²) in [5.41, 5.74) is 5.92. The largest absolute Gasteiger partial charge is 0.345 e. The Morgan fingerprint density at radius 2 is 1.68 bits per heavy atom. The van der Waals surface area contributed by atoms with Crippen LogP contribution in [0.1, 0.15) is 42.6 Å². The van der Waals surface area contributed by atoms with Gasteiger partial charge in [0.05, 0.1) is 0 Å².